The molecule has 0 aromatic heterocycles. The monoisotopic (exact) mass is 256 g/mol. The highest BCUT2D eigenvalue weighted by Crippen LogP contribution is 2.46. The fourth-order valence-corrected chi connectivity index (χ4v) is 2.56. The van der Waals surface area contributed by atoms with E-state index in [1.807, 2.05) is 6.92 Å². The predicted molar refractivity (Wildman–Crippen MR) is 67.0 cm³/mol. The minimum Gasteiger partial charge on any atom is -0.493 e. The summed E-state index contributed by atoms with van der Waals surface area (Å²) >= 11 is 6.34. The first-order valence-corrected chi connectivity index (χ1v) is 6.01. The number of benzene rings is 1. The summed E-state index contributed by atoms with van der Waals surface area (Å²) in [4.78, 5) is 0. The van der Waals surface area contributed by atoms with Gasteiger partial charge in [-0.2, -0.15) is 0 Å². The molecule has 1 N–H and O–H groups in total. The number of hydrogen-bond acceptors (Lipinski definition) is 3. The fraction of sp³-hybridized carbons (Fsp3) is 0.538. The van der Waals surface area contributed by atoms with Crippen molar-refractivity contribution >= 4 is 11.6 Å². The minimum atomic E-state index is -0.995. The standard InChI is InChI=1S/C13H17ClO3/c1-7-5-8-11(14)9(13(2,3)15)6-10(16-4)12(8)17-7/h6-7,15H,5H2,1-4H3. The second-order valence-corrected chi connectivity index (χ2v) is 5.32. The Kier molecular flexibility index (Phi) is 3.00. The summed E-state index contributed by atoms with van der Waals surface area (Å²) in [6, 6.07) is 1.75. The Hall–Kier alpha value is -0.930. The lowest BCUT2D eigenvalue weighted by Crippen LogP contribution is -2.16. The van der Waals surface area contributed by atoms with Gasteiger partial charge in [-0.05, 0) is 26.8 Å². The third-order valence-corrected chi connectivity index (χ3v) is 3.40. The largest absolute Gasteiger partial charge is 0.493 e. The van der Waals surface area contributed by atoms with E-state index >= 15 is 0 Å². The maximum Gasteiger partial charge on any atom is 0.166 e. The highest BCUT2D eigenvalue weighted by molar-refractivity contribution is 6.32. The molecule has 0 fully saturated rings. The third kappa shape index (κ3) is 2.09. The number of ether oxygens (including phenoxy) is 2. The maximum absolute atomic E-state index is 10.1. The SMILES string of the molecule is COc1cc(C(C)(C)O)c(Cl)c2c1OC(C)C2. The molecule has 1 heterocycles. The van der Waals surface area contributed by atoms with Crippen LogP contribution < -0.4 is 9.47 Å². The van der Waals surface area contributed by atoms with Crippen LogP contribution in [0.1, 0.15) is 31.9 Å². The summed E-state index contributed by atoms with van der Waals surface area (Å²) in [7, 11) is 1.59. The highest BCUT2D eigenvalue weighted by atomic mass is 35.5. The number of methoxy groups -OCH3 is 1. The van der Waals surface area contributed by atoms with E-state index in [9.17, 15) is 5.11 Å². The fourth-order valence-electron chi connectivity index (χ4n) is 2.11. The Morgan fingerprint density at radius 3 is 2.71 bits per heavy atom. The van der Waals surface area contributed by atoms with Gasteiger partial charge in [0, 0.05) is 17.5 Å². The minimum absolute atomic E-state index is 0.0912. The van der Waals surface area contributed by atoms with Crippen LogP contribution in [0.2, 0.25) is 5.02 Å². The maximum atomic E-state index is 10.1. The van der Waals surface area contributed by atoms with Gasteiger partial charge in [0.1, 0.15) is 6.10 Å². The van der Waals surface area contributed by atoms with Crippen molar-refractivity contribution in [1.82, 2.24) is 0 Å². The van der Waals surface area contributed by atoms with Gasteiger partial charge < -0.3 is 14.6 Å². The van der Waals surface area contributed by atoms with Crippen LogP contribution in [0, 0.1) is 0 Å². The Labute approximate surface area is 106 Å². The second kappa shape index (κ2) is 4.07. The molecule has 1 unspecified atom stereocenters. The van der Waals surface area contributed by atoms with Crippen LogP contribution in [-0.2, 0) is 12.0 Å². The smallest absolute Gasteiger partial charge is 0.166 e. The summed E-state index contributed by atoms with van der Waals surface area (Å²) in [5.41, 5.74) is 0.605. The molecule has 1 aliphatic heterocycles. The van der Waals surface area contributed by atoms with Gasteiger partial charge in [-0.1, -0.05) is 11.6 Å². The van der Waals surface area contributed by atoms with E-state index in [2.05, 4.69) is 0 Å². The molecule has 17 heavy (non-hydrogen) atoms. The molecule has 0 aliphatic carbocycles. The van der Waals surface area contributed by atoms with Crippen LogP contribution in [-0.4, -0.2) is 18.3 Å². The normalized spacial score (nSPS) is 18.8. The molecule has 1 aromatic rings. The molecule has 1 aromatic carbocycles. The summed E-state index contributed by atoms with van der Waals surface area (Å²) in [6.07, 6.45) is 0.836. The van der Waals surface area contributed by atoms with Gasteiger partial charge >= 0.3 is 0 Å². The van der Waals surface area contributed by atoms with Gasteiger partial charge in [-0.15, -0.1) is 0 Å². The molecular weight excluding hydrogens is 240 g/mol. The zero-order valence-corrected chi connectivity index (χ0v) is 11.3. The lowest BCUT2D eigenvalue weighted by Gasteiger charge is -2.22. The molecule has 0 amide bonds. The quantitative estimate of drug-likeness (QED) is 0.884. The van der Waals surface area contributed by atoms with E-state index in [1.165, 1.54) is 0 Å². The van der Waals surface area contributed by atoms with Crippen LogP contribution in [0.4, 0.5) is 0 Å². The second-order valence-electron chi connectivity index (χ2n) is 4.94. The zero-order chi connectivity index (χ0) is 12.8. The first kappa shape index (κ1) is 12.5. The molecule has 4 heteroatoms. The average Bonchev–Trinajstić information content (AvgIpc) is 2.59. The first-order valence-electron chi connectivity index (χ1n) is 5.63. The van der Waals surface area contributed by atoms with Crippen LogP contribution in [0.5, 0.6) is 11.5 Å². The van der Waals surface area contributed by atoms with Crippen molar-refractivity contribution in [1.29, 1.82) is 0 Å². The molecule has 2 rings (SSSR count). The van der Waals surface area contributed by atoms with Gasteiger partial charge in [0.25, 0.3) is 0 Å². The topological polar surface area (TPSA) is 38.7 Å². The molecule has 0 saturated carbocycles. The Morgan fingerprint density at radius 1 is 1.53 bits per heavy atom. The third-order valence-electron chi connectivity index (χ3n) is 2.96. The van der Waals surface area contributed by atoms with Crippen molar-refractivity contribution in [2.75, 3.05) is 7.11 Å². The van der Waals surface area contributed by atoms with Gasteiger partial charge in [-0.3, -0.25) is 0 Å². The Morgan fingerprint density at radius 2 is 2.18 bits per heavy atom. The molecule has 1 aliphatic rings. The summed E-state index contributed by atoms with van der Waals surface area (Å²) in [5, 5.41) is 10.7. The lowest BCUT2D eigenvalue weighted by atomic mass is 9.94. The molecule has 1 atom stereocenters. The number of hydrogen-bond donors (Lipinski definition) is 1. The van der Waals surface area contributed by atoms with E-state index in [0.717, 1.165) is 12.0 Å². The summed E-state index contributed by atoms with van der Waals surface area (Å²) < 4.78 is 11.0. The molecule has 0 radical (unpaired) electrons. The van der Waals surface area contributed by atoms with Crippen LogP contribution in [0.15, 0.2) is 6.07 Å². The molecule has 0 bridgehead atoms. The van der Waals surface area contributed by atoms with Crippen LogP contribution in [0.25, 0.3) is 0 Å². The average molecular weight is 257 g/mol. The molecule has 3 nitrogen and oxygen atoms in total. The van der Waals surface area contributed by atoms with Gasteiger partial charge in [-0.25, -0.2) is 0 Å². The zero-order valence-electron chi connectivity index (χ0n) is 10.5. The Bertz CT molecular complexity index is 449. The van der Waals surface area contributed by atoms with E-state index < -0.39 is 5.60 Å². The van der Waals surface area contributed by atoms with Crippen molar-refractivity contribution in [2.45, 2.75) is 38.9 Å². The first-order chi connectivity index (χ1) is 7.84. The van der Waals surface area contributed by atoms with Gasteiger partial charge in [0.05, 0.1) is 17.7 Å². The number of aliphatic hydroxyl groups is 1. The lowest BCUT2D eigenvalue weighted by molar-refractivity contribution is 0.0783. The van der Waals surface area contributed by atoms with Crippen molar-refractivity contribution in [3.63, 3.8) is 0 Å². The van der Waals surface area contributed by atoms with Crippen molar-refractivity contribution < 1.29 is 14.6 Å². The van der Waals surface area contributed by atoms with Crippen molar-refractivity contribution in [2.24, 2.45) is 0 Å². The number of fused-ring (bicyclic) bond motifs is 1. The summed E-state index contributed by atoms with van der Waals surface area (Å²) in [6.45, 7) is 5.40. The molecule has 0 saturated heterocycles. The van der Waals surface area contributed by atoms with E-state index in [-0.39, 0.29) is 6.10 Å². The van der Waals surface area contributed by atoms with E-state index in [4.69, 9.17) is 21.1 Å². The molecule has 94 valence electrons. The summed E-state index contributed by atoms with van der Waals surface area (Å²) in [5.74, 6) is 1.34. The Balaban J connectivity index is 2.64. The van der Waals surface area contributed by atoms with Crippen LogP contribution in [0.3, 0.4) is 0 Å². The number of halogens is 1. The van der Waals surface area contributed by atoms with E-state index in [1.54, 1.807) is 27.0 Å². The molecule has 0 spiro atoms. The van der Waals surface area contributed by atoms with Gasteiger partial charge in [0.15, 0.2) is 11.5 Å². The van der Waals surface area contributed by atoms with Crippen molar-refractivity contribution in [3.8, 4) is 11.5 Å². The number of rotatable bonds is 2. The van der Waals surface area contributed by atoms with Crippen molar-refractivity contribution in [3.05, 3.63) is 22.2 Å². The molecular formula is C13H17ClO3. The highest BCUT2D eigenvalue weighted by Gasteiger charge is 2.31. The van der Waals surface area contributed by atoms with Crippen LogP contribution >= 0.6 is 11.6 Å². The van der Waals surface area contributed by atoms with Gasteiger partial charge in [0.2, 0.25) is 0 Å². The van der Waals surface area contributed by atoms with E-state index in [0.29, 0.717) is 22.1 Å². The predicted octanol–water partition coefficient (Wildman–Crippen LogP) is 2.90.